The number of carbonyl (C=O) groups excluding carboxylic acids is 1. The number of urea groups is 1. The van der Waals surface area contributed by atoms with E-state index in [0.717, 1.165) is 11.3 Å². The van der Waals surface area contributed by atoms with Crippen molar-refractivity contribution < 1.29 is 19.1 Å². The van der Waals surface area contributed by atoms with Crippen molar-refractivity contribution in [2.24, 2.45) is 0 Å². The largest absolute Gasteiger partial charge is 0.481 e. The minimum absolute atomic E-state index is 0.0854. The summed E-state index contributed by atoms with van der Waals surface area (Å²) in [5, 5.41) is 19.7. The summed E-state index contributed by atoms with van der Waals surface area (Å²) in [4.78, 5) is 23.6. The van der Waals surface area contributed by atoms with Crippen LogP contribution < -0.4 is 5.32 Å². The highest BCUT2D eigenvalue weighted by atomic mass is 32.1. The van der Waals surface area contributed by atoms with Crippen LogP contribution in [-0.2, 0) is 11.2 Å². The van der Waals surface area contributed by atoms with Crippen LogP contribution in [0.5, 0.6) is 0 Å². The normalized spacial score (nSPS) is 10.3. The second kappa shape index (κ2) is 7.63. The smallest absolute Gasteiger partial charge is 0.323 e. The number of carboxylic acid groups (broad SMARTS) is 1. The predicted octanol–water partition coefficient (Wildman–Crippen LogP) is 2.21. The molecule has 2 amide bonds. The first-order chi connectivity index (χ1) is 11.0. The molecule has 9 heteroatoms. The van der Waals surface area contributed by atoms with Gasteiger partial charge < -0.3 is 10.0 Å². The SMILES string of the molecule is CN(CCC(=O)O)C(=O)Nc1nnc(Cc2ccccc2F)s1. The van der Waals surface area contributed by atoms with Gasteiger partial charge >= 0.3 is 12.0 Å². The van der Waals surface area contributed by atoms with Crippen LogP contribution in [0, 0.1) is 5.82 Å². The number of hydrogen-bond donors (Lipinski definition) is 2. The first kappa shape index (κ1) is 16.8. The third-order valence-electron chi connectivity index (χ3n) is 2.99. The lowest BCUT2D eigenvalue weighted by Gasteiger charge is -2.15. The Morgan fingerprint density at radius 2 is 2.09 bits per heavy atom. The topological polar surface area (TPSA) is 95.4 Å². The Morgan fingerprint density at radius 3 is 2.78 bits per heavy atom. The zero-order chi connectivity index (χ0) is 16.8. The van der Waals surface area contributed by atoms with E-state index in [1.807, 2.05) is 0 Å². The minimum atomic E-state index is -0.979. The molecule has 0 aliphatic heterocycles. The number of aliphatic carboxylic acids is 1. The molecule has 1 aromatic carbocycles. The Morgan fingerprint density at radius 1 is 1.35 bits per heavy atom. The molecule has 0 saturated carbocycles. The molecule has 0 unspecified atom stereocenters. The number of carbonyl (C=O) groups is 2. The Balaban J connectivity index is 1.93. The van der Waals surface area contributed by atoms with Gasteiger partial charge in [-0.05, 0) is 11.6 Å². The number of benzene rings is 1. The van der Waals surface area contributed by atoms with Crippen LogP contribution in [0.25, 0.3) is 0 Å². The first-order valence-electron chi connectivity index (χ1n) is 6.75. The van der Waals surface area contributed by atoms with Crippen molar-refractivity contribution in [3.63, 3.8) is 0 Å². The lowest BCUT2D eigenvalue weighted by Crippen LogP contribution is -2.33. The summed E-state index contributed by atoms with van der Waals surface area (Å²) in [6, 6.07) is 5.90. The number of rotatable bonds is 6. The van der Waals surface area contributed by atoms with E-state index in [1.165, 1.54) is 18.0 Å². The number of nitrogens with zero attached hydrogens (tertiary/aromatic N) is 3. The number of nitrogens with one attached hydrogen (secondary N) is 1. The molecule has 0 atom stereocenters. The second-order valence-corrected chi connectivity index (χ2v) is 5.83. The predicted molar refractivity (Wildman–Crippen MR) is 83.0 cm³/mol. The summed E-state index contributed by atoms with van der Waals surface area (Å²) in [5.74, 6) is -1.30. The summed E-state index contributed by atoms with van der Waals surface area (Å²) < 4.78 is 13.6. The second-order valence-electron chi connectivity index (χ2n) is 4.76. The van der Waals surface area contributed by atoms with Gasteiger partial charge in [-0.1, -0.05) is 29.5 Å². The van der Waals surface area contributed by atoms with Crippen LogP contribution in [0.4, 0.5) is 14.3 Å². The quantitative estimate of drug-likeness (QED) is 0.842. The van der Waals surface area contributed by atoms with Gasteiger partial charge in [0.05, 0.1) is 6.42 Å². The maximum absolute atomic E-state index is 13.6. The molecule has 0 saturated heterocycles. The molecule has 0 spiro atoms. The fourth-order valence-electron chi connectivity index (χ4n) is 1.73. The minimum Gasteiger partial charge on any atom is -0.481 e. The van der Waals surface area contributed by atoms with Crippen LogP contribution in [0.2, 0.25) is 0 Å². The molecule has 7 nitrogen and oxygen atoms in total. The molecule has 0 bridgehead atoms. The number of carboxylic acids is 1. The molecule has 1 heterocycles. The van der Waals surface area contributed by atoms with E-state index in [9.17, 15) is 14.0 Å². The third kappa shape index (κ3) is 4.99. The highest BCUT2D eigenvalue weighted by molar-refractivity contribution is 7.15. The third-order valence-corrected chi connectivity index (χ3v) is 3.83. The van der Waals surface area contributed by atoms with Crippen LogP contribution >= 0.6 is 11.3 Å². The van der Waals surface area contributed by atoms with E-state index >= 15 is 0 Å². The molecule has 2 aromatic rings. The van der Waals surface area contributed by atoms with E-state index < -0.39 is 12.0 Å². The highest BCUT2D eigenvalue weighted by Crippen LogP contribution is 2.20. The molecule has 0 fully saturated rings. The molecule has 2 rings (SSSR count). The van der Waals surface area contributed by atoms with Crippen LogP contribution in [0.1, 0.15) is 17.0 Å². The van der Waals surface area contributed by atoms with E-state index in [0.29, 0.717) is 10.6 Å². The number of aromatic nitrogens is 2. The summed E-state index contributed by atoms with van der Waals surface area (Å²) in [6.07, 6.45) is 0.146. The molecular weight excluding hydrogens is 323 g/mol. The summed E-state index contributed by atoms with van der Waals surface area (Å²) >= 11 is 1.14. The van der Waals surface area contributed by atoms with Gasteiger partial charge in [-0.15, -0.1) is 10.2 Å². The van der Waals surface area contributed by atoms with Crippen LogP contribution in [0.15, 0.2) is 24.3 Å². The van der Waals surface area contributed by atoms with E-state index in [-0.39, 0.29) is 30.3 Å². The van der Waals surface area contributed by atoms with Gasteiger partial charge in [-0.2, -0.15) is 0 Å². The Bertz CT molecular complexity index is 707. The van der Waals surface area contributed by atoms with Crippen molar-refractivity contribution in [2.75, 3.05) is 18.9 Å². The van der Waals surface area contributed by atoms with Gasteiger partial charge in [0.2, 0.25) is 5.13 Å². The fourth-order valence-corrected chi connectivity index (χ4v) is 2.48. The maximum Gasteiger partial charge on any atom is 0.323 e. The molecule has 1 aromatic heterocycles. The average molecular weight is 338 g/mol. The van der Waals surface area contributed by atoms with Crippen molar-refractivity contribution >= 4 is 28.5 Å². The van der Waals surface area contributed by atoms with Crippen LogP contribution in [-0.4, -0.2) is 45.8 Å². The molecule has 23 heavy (non-hydrogen) atoms. The van der Waals surface area contributed by atoms with E-state index in [2.05, 4.69) is 15.5 Å². The highest BCUT2D eigenvalue weighted by Gasteiger charge is 2.14. The monoisotopic (exact) mass is 338 g/mol. The molecule has 122 valence electrons. The van der Waals surface area contributed by atoms with Gasteiger partial charge in [0.1, 0.15) is 10.8 Å². The standard InChI is InChI=1S/C14H15FN4O3S/c1-19(7-6-12(20)21)14(22)16-13-18-17-11(23-13)8-9-4-2-3-5-10(9)15/h2-5H,6-8H2,1H3,(H,20,21)(H,16,18,22). The van der Waals surface area contributed by atoms with Crippen molar-refractivity contribution in [1.82, 2.24) is 15.1 Å². The molecule has 0 aliphatic carbocycles. The van der Waals surface area contributed by atoms with Gasteiger partial charge in [0.15, 0.2) is 0 Å². The van der Waals surface area contributed by atoms with Crippen LogP contribution in [0.3, 0.4) is 0 Å². The summed E-state index contributed by atoms with van der Waals surface area (Å²) in [6.45, 7) is 0.0854. The number of amides is 2. The summed E-state index contributed by atoms with van der Waals surface area (Å²) in [7, 11) is 1.49. The number of anilines is 1. The van der Waals surface area contributed by atoms with Crippen molar-refractivity contribution in [3.05, 3.63) is 40.7 Å². The Hall–Kier alpha value is -2.55. The van der Waals surface area contributed by atoms with Gasteiger partial charge in [0, 0.05) is 20.0 Å². The zero-order valence-corrected chi connectivity index (χ0v) is 13.1. The van der Waals surface area contributed by atoms with Gasteiger partial charge in [-0.3, -0.25) is 10.1 Å². The van der Waals surface area contributed by atoms with Crippen molar-refractivity contribution in [2.45, 2.75) is 12.8 Å². The molecule has 0 aliphatic rings. The van der Waals surface area contributed by atoms with Gasteiger partial charge in [0.25, 0.3) is 0 Å². The average Bonchev–Trinajstić information content (AvgIpc) is 2.94. The van der Waals surface area contributed by atoms with E-state index in [1.54, 1.807) is 18.2 Å². The Labute approximate surface area is 135 Å². The van der Waals surface area contributed by atoms with Crippen molar-refractivity contribution in [3.8, 4) is 0 Å². The molecular formula is C14H15FN4O3S. The summed E-state index contributed by atoms with van der Waals surface area (Å²) in [5.41, 5.74) is 0.500. The molecule has 2 N–H and O–H groups in total. The fraction of sp³-hybridized carbons (Fsp3) is 0.286. The first-order valence-corrected chi connectivity index (χ1v) is 7.57. The number of halogens is 1. The number of hydrogen-bond acceptors (Lipinski definition) is 5. The van der Waals surface area contributed by atoms with Crippen molar-refractivity contribution in [1.29, 1.82) is 0 Å². The lowest BCUT2D eigenvalue weighted by atomic mass is 10.1. The van der Waals surface area contributed by atoms with E-state index in [4.69, 9.17) is 5.11 Å². The maximum atomic E-state index is 13.6. The molecule has 0 radical (unpaired) electrons. The van der Waals surface area contributed by atoms with Gasteiger partial charge in [-0.25, -0.2) is 9.18 Å². The Kier molecular flexibility index (Phi) is 5.58. The lowest BCUT2D eigenvalue weighted by molar-refractivity contribution is -0.137. The zero-order valence-electron chi connectivity index (χ0n) is 12.3.